The van der Waals surface area contributed by atoms with Gasteiger partial charge in [-0.2, -0.15) is 0 Å². The van der Waals surface area contributed by atoms with Gasteiger partial charge in [0.1, 0.15) is 6.10 Å². The van der Waals surface area contributed by atoms with E-state index in [1.54, 1.807) is 18.1 Å². The molecule has 37 heavy (non-hydrogen) atoms. The number of nitrogens with zero attached hydrogens (tertiary/aromatic N) is 1. The minimum Gasteiger partial charge on any atom is -0.462 e. The van der Waals surface area contributed by atoms with Gasteiger partial charge in [-0.3, -0.25) is 4.79 Å². The highest BCUT2D eigenvalue weighted by Crippen LogP contribution is 2.67. The SMILES string of the molecule is CCCCC[C@@H](CC)C1CCC2C3CC=C4CC(OC(=O)CCc5cnc[nH]5)CCC4(C)C3CCC21C. The van der Waals surface area contributed by atoms with Crippen molar-refractivity contribution < 1.29 is 9.53 Å². The van der Waals surface area contributed by atoms with E-state index in [9.17, 15) is 4.79 Å². The number of hydrogen-bond acceptors (Lipinski definition) is 3. The van der Waals surface area contributed by atoms with E-state index in [-0.39, 0.29) is 12.1 Å². The van der Waals surface area contributed by atoms with Gasteiger partial charge in [-0.25, -0.2) is 4.98 Å². The number of H-pyrrole nitrogens is 1. The van der Waals surface area contributed by atoms with E-state index in [4.69, 9.17) is 4.74 Å². The quantitative estimate of drug-likeness (QED) is 0.196. The zero-order chi connectivity index (χ0) is 26.0. The van der Waals surface area contributed by atoms with E-state index in [1.807, 2.05) is 0 Å². The van der Waals surface area contributed by atoms with Crippen LogP contribution in [-0.2, 0) is 16.0 Å². The van der Waals surface area contributed by atoms with Crippen molar-refractivity contribution in [1.29, 1.82) is 0 Å². The van der Waals surface area contributed by atoms with Crippen LogP contribution in [0.4, 0.5) is 0 Å². The first-order valence-electron chi connectivity index (χ1n) is 15.7. The summed E-state index contributed by atoms with van der Waals surface area (Å²) in [6, 6.07) is 0. The van der Waals surface area contributed by atoms with Crippen molar-refractivity contribution in [3.8, 4) is 0 Å². The monoisotopic (exact) mass is 508 g/mol. The predicted molar refractivity (Wildman–Crippen MR) is 150 cm³/mol. The lowest BCUT2D eigenvalue weighted by Gasteiger charge is -2.58. The number of imidazole rings is 1. The summed E-state index contributed by atoms with van der Waals surface area (Å²) in [4.78, 5) is 19.7. The van der Waals surface area contributed by atoms with E-state index in [1.165, 1.54) is 70.6 Å². The van der Waals surface area contributed by atoms with Crippen molar-refractivity contribution in [1.82, 2.24) is 9.97 Å². The fourth-order valence-corrected chi connectivity index (χ4v) is 9.79. The molecular formula is C33H52N2O2. The molecule has 5 rings (SSSR count). The fraction of sp³-hybridized carbons (Fsp3) is 0.818. The van der Waals surface area contributed by atoms with Crippen LogP contribution in [0.1, 0.15) is 123 Å². The van der Waals surface area contributed by atoms with Gasteiger partial charge in [0.2, 0.25) is 0 Å². The Hall–Kier alpha value is -1.58. The highest BCUT2D eigenvalue weighted by Gasteiger charge is 2.59. The first kappa shape index (κ1) is 27.0. The number of aryl methyl sites for hydroxylation is 1. The van der Waals surface area contributed by atoms with Crippen LogP contribution in [-0.4, -0.2) is 22.0 Å². The maximum atomic E-state index is 12.6. The second-order valence-electron chi connectivity index (χ2n) is 13.6. The molecule has 1 heterocycles. The third-order valence-corrected chi connectivity index (χ3v) is 11.9. The molecule has 4 aliphatic carbocycles. The molecule has 4 aliphatic rings. The Balaban J connectivity index is 1.22. The van der Waals surface area contributed by atoms with Gasteiger partial charge in [-0.05, 0) is 91.8 Å². The third-order valence-electron chi connectivity index (χ3n) is 11.9. The van der Waals surface area contributed by atoms with E-state index in [0.29, 0.717) is 23.7 Å². The van der Waals surface area contributed by atoms with Gasteiger partial charge >= 0.3 is 5.97 Å². The van der Waals surface area contributed by atoms with Crippen molar-refractivity contribution >= 4 is 5.97 Å². The maximum absolute atomic E-state index is 12.6. The van der Waals surface area contributed by atoms with Gasteiger partial charge in [0.05, 0.1) is 12.7 Å². The van der Waals surface area contributed by atoms with Crippen LogP contribution in [0.5, 0.6) is 0 Å². The second kappa shape index (κ2) is 11.3. The number of carbonyl (C=O) groups excluding carboxylic acids is 1. The summed E-state index contributed by atoms with van der Waals surface area (Å²) < 4.78 is 5.98. The molecule has 0 bridgehead atoms. The summed E-state index contributed by atoms with van der Waals surface area (Å²) >= 11 is 0. The smallest absolute Gasteiger partial charge is 0.306 e. The van der Waals surface area contributed by atoms with Crippen molar-refractivity contribution in [2.24, 2.45) is 40.4 Å². The Bertz CT molecular complexity index is 938. The van der Waals surface area contributed by atoms with Gasteiger partial charge in [0.25, 0.3) is 0 Å². The van der Waals surface area contributed by atoms with Crippen LogP contribution in [0.2, 0.25) is 0 Å². The summed E-state index contributed by atoms with van der Waals surface area (Å²) in [7, 11) is 0. The van der Waals surface area contributed by atoms with E-state index < -0.39 is 0 Å². The first-order valence-corrected chi connectivity index (χ1v) is 15.7. The minimum absolute atomic E-state index is 0.0586. The molecule has 0 aliphatic heterocycles. The second-order valence-corrected chi connectivity index (χ2v) is 13.6. The van der Waals surface area contributed by atoms with Gasteiger partial charge < -0.3 is 9.72 Å². The molecule has 4 heteroatoms. The lowest BCUT2D eigenvalue weighted by atomic mass is 9.47. The average Bonchev–Trinajstić information content (AvgIpc) is 3.53. The number of esters is 1. The largest absolute Gasteiger partial charge is 0.462 e. The van der Waals surface area contributed by atoms with Crippen LogP contribution in [0.15, 0.2) is 24.2 Å². The molecule has 7 unspecified atom stereocenters. The molecular weight excluding hydrogens is 456 g/mol. The van der Waals surface area contributed by atoms with Crippen LogP contribution < -0.4 is 0 Å². The topological polar surface area (TPSA) is 55.0 Å². The molecule has 0 aromatic carbocycles. The Labute approximate surface area is 225 Å². The van der Waals surface area contributed by atoms with Crippen molar-refractivity contribution in [2.45, 2.75) is 130 Å². The van der Waals surface area contributed by atoms with Gasteiger partial charge in [-0.1, -0.05) is 71.4 Å². The molecule has 0 radical (unpaired) electrons. The molecule has 1 aromatic rings. The van der Waals surface area contributed by atoms with Crippen LogP contribution in [0, 0.1) is 40.4 Å². The predicted octanol–water partition coefficient (Wildman–Crippen LogP) is 8.44. The number of carbonyl (C=O) groups is 1. The molecule has 4 nitrogen and oxygen atoms in total. The Morgan fingerprint density at radius 3 is 2.76 bits per heavy atom. The number of nitrogens with one attached hydrogen (secondary N) is 1. The molecule has 206 valence electrons. The van der Waals surface area contributed by atoms with Gasteiger partial charge in [0, 0.05) is 18.3 Å². The highest BCUT2D eigenvalue weighted by molar-refractivity contribution is 5.69. The fourth-order valence-electron chi connectivity index (χ4n) is 9.79. The normalized spacial score (nSPS) is 37.7. The van der Waals surface area contributed by atoms with Crippen molar-refractivity contribution in [3.05, 3.63) is 29.9 Å². The minimum atomic E-state index is -0.0627. The first-order chi connectivity index (χ1) is 17.9. The number of ether oxygens (including phenoxy) is 1. The third kappa shape index (κ3) is 5.20. The van der Waals surface area contributed by atoms with Crippen molar-refractivity contribution in [3.63, 3.8) is 0 Å². The van der Waals surface area contributed by atoms with Crippen molar-refractivity contribution in [2.75, 3.05) is 0 Å². The molecule has 3 fully saturated rings. The van der Waals surface area contributed by atoms with E-state index >= 15 is 0 Å². The number of hydrogen-bond donors (Lipinski definition) is 1. The summed E-state index contributed by atoms with van der Waals surface area (Å²) in [5.74, 6) is 4.40. The Morgan fingerprint density at radius 1 is 1.14 bits per heavy atom. The maximum Gasteiger partial charge on any atom is 0.306 e. The number of aromatic amines is 1. The van der Waals surface area contributed by atoms with E-state index in [0.717, 1.165) is 48.1 Å². The Kier molecular flexibility index (Phi) is 8.22. The summed E-state index contributed by atoms with van der Waals surface area (Å²) in [6.45, 7) is 10.1. The highest BCUT2D eigenvalue weighted by atomic mass is 16.5. The lowest BCUT2D eigenvalue weighted by molar-refractivity contribution is -0.151. The Morgan fingerprint density at radius 2 is 2.00 bits per heavy atom. The summed E-state index contributed by atoms with van der Waals surface area (Å²) in [6.07, 6.45) is 24.4. The zero-order valence-electron chi connectivity index (χ0n) is 24.1. The molecule has 0 amide bonds. The molecule has 1 aromatic heterocycles. The molecule has 0 spiro atoms. The molecule has 3 saturated carbocycles. The van der Waals surface area contributed by atoms with Crippen LogP contribution in [0.25, 0.3) is 0 Å². The lowest BCUT2D eigenvalue weighted by Crippen LogP contribution is -2.51. The molecule has 1 N–H and O–H groups in total. The van der Waals surface area contributed by atoms with Crippen LogP contribution in [0.3, 0.4) is 0 Å². The average molecular weight is 509 g/mol. The number of allylic oxidation sites excluding steroid dienone is 1. The van der Waals surface area contributed by atoms with Gasteiger partial charge in [-0.15, -0.1) is 0 Å². The number of rotatable bonds is 10. The number of unbranched alkanes of at least 4 members (excludes halogenated alkanes) is 2. The van der Waals surface area contributed by atoms with Crippen LogP contribution >= 0.6 is 0 Å². The summed E-state index contributed by atoms with van der Waals surface area (Å²) in [5, 5.41) is 0. The number of fused-ring (bicyclic) bond motifs is 5. The van der Waals surface area contributed by atoms with Gasteiger partial charge in [0.15, 0.2) is 0 Å². The zero-order valence-corrected chi connectivity index (χ0v) is 24.1. The molecule has 8 atom stereocenters. The number of aromatic nitrogens is 2. The standard InChI is InChI=1S/C33H52N2O2/c1-5-7-8-9-23(6-2)28-13-14-29-27-12-10-24-20-26(37-31(36)15-11-25-21-34-22-35-25)16-18-32(24,3)30(27)17-19-33(28,29)4/h10,21-23,26-30H,5-9,11-20H2,1-4H3,(H,34,35)/t23-,26?,27?,28?,29?,30?,32?,33?/m1/s1. The summed E-state index contributed by atoms with van der Waals surface area (Å²) in [5.41, 5.74) is 3.47. The molecule has 0 saturated heterocycles. The van der Waals surface area contributed by atoms with E-state index in [2.05, 4.69) is 43.7 Å².